The Morgan fingerprint density at radius 3 is 2.28 bits per heavy atom. The zero-order valence-electron chi connectivity index (χ0n) is 19.0. The molecule has 160 valence electrons. The van der Waals surface area contributed by atoms with Gasteiger partial charge in [-0.25, -0.2) is 0 Å². The van der Waals surface area contributed by atoms with Crippen LogP contribution in [0.3, 0.4) is 0 Å². The van der Waals surface area contributed by atoms with Gasteiger partial charge in [0.05, 0.1) is 6.61 Å². The van der Waals surface area contributed by atoms with Crippen LogP contribution in [0.1, 0.15) is 61.8 Å². The van der Waals surface area contributed by atoms with Crippen LogP contribution in [0.15, 0.2) is 78.9 Å². The summed E-state index contributed by atoms with van der Waals surface area (Å²) in [7, 11) is 0. The molecular formula is C31H30O. The van der Waals surface area contributed by atoms with Crippen molar-refractivity contribution in [2.24, 2.45) is 0 Å². The Morgan fingerprint density at radius 2 is 1.50 bits per heavy atom. The van der Waals surface area contributed by atoms with E-state index < -0.39 is 0 Å². The molecule has 0 heterocycles. The summed E-state index contributed by atoms with van der Waals surface area (Å²) in [6.07, 6.45) is 7.02. The molecule has 3 rings (SSSR count). The molecule has 0 saturated heterocycles. The van der Waals surface area contributed by atoms with Gasteiger partial charge >= 0.3 is 0 Å². The molecule has 0 amide bonds. The minimum Gasteiger partial charge on any atom is -0.494 e. The van der Waals surface area contributed by atoms with Crippen molar-refractivity contribution in [2.75, 3.05) is 6.61 Å². The van der Waals surface area contributed by atoms with Gasteiger partial charge in [0.2, 0.25) is 0 Å². The third-order valence-corrected chi connectivity index (χ3v) is 5.12. The van der Waals surface area contributed by atoms with Crippen LogP contribution < -0.4 is 4.74 Å². The third-order valence-electron chi connectivity index (χ3n) is 5.12. The normalized spacial score (nSPS) is 10.5. The molecule has 1 nitrogen and oxygen atoms in total. The van der Waals surface area contributed by atoms with Crippen LogP contribution in [0.4, 0.5) is 0 Å². The topological polar surface area (TPSA) is 9.23 Å². The Labute approximate surface area is 193 Å². The molecule has 0 aromatic heterocycles. The molecule has 0 aliphatic rings. The highest BCUT2D eigenvalue weighted by Crippen LogP contribution is 2.21. The Hall–Kier alpha value is -3.68. The lowest BCUT2D eigenvalue weighted by Gasteiger charge is -2.05. The fraction of sp³-hybridized carbons (Fsp3) is 0.226. The van der Waals surface area contributed by atoms with E-state index in [0.717, 1.165) is 35.5 Å². The third kappa shape index (κ3) is 7.54. The van der Waals surface area contributed by atoms with E-state index in [-0.39, 0.29) is 0 Å². The van der Waals surface area contributed by atoms with Crippen molar-refractivity contribution in [1.82, 2.24) is 0 Å². The summed E-state index contributed by atoms with van der Waals surface area (Å²) < 4.78 is 5.79. The summed E-state index contributed by atoms with van der Waals surface area (Å²) in [5, 5.41) is 0. The lowest BCUT2D eigenvalue weighted by atomic mass is 9.99. The fourth-order valence-corrected chi connectivity index (χ4v) is 3.37. The highest BCUT2D eigenvalue weighted by atomic mass is 16.5. The molecule has 0 spiro atoms. The summed E-state index contributed by atoms with van der Waals surface area (Å²) in [5.41, 5.74) is 5.41. The summed E-state index contributed by atoms with van der Waals surface area (Å²) in [6.45, 7) is 5.11. The second kappa shape index (κ2) is 12.9. The van der Waals surface area contributed by atoms with Crippen molar-refractivity contribution in [3.63, 3.8) is 0 Å². The number of rotatable bonds is 8. The predicted octanol–water partition coefficient (Wildman–Crippen LogP) is 7.61. The minimum atomic E-state index is 0.772. The first-order valence-corrected chi connectivity index (χ1v) is 11.3. The maximum Gasteiger partial charge on any atom is 0.119 e. The molecule has 32 heavy (non-hydrogen) atoms. The predicted molar refractivity (Wildman–Crippen MR) is 136 cm³/mol. The van der Waals surface area contributed by atoms with E-state index in [4.69, 9.17) is 4.74 Å². The highest BCUT2D eigenvalue weighted by molar-refractivity contribution is 5.82. The second-order valence-corrected chi connectivity index (χ2v) is 7.72. The Kier molecular flexibility index (Phi) is 9.26. The lowest BCUT2D eigenvalue weighted by Crippen LogP contribution is -1.96. The Balaban J connectivity index is 1.63. The fourth-order valence-electron chi connectivity index (χ4n) is 3.37. The van der Waals surface area contributed by atoms with Gasteiger partial charge in [0, 0.05) is 11.1 Å². The van der Waals surface area contributed by atoms with Crippen molar-refractivity contribution in [3.05, 3.63) is 101 Å². The molecule has 0 unspecified atom stereocenters. The molecule has 0 radical (unpaired) electrons. The van der Waals surface area contributed by atoms with Crippen LogP contribution in [-0.2, 0) is 0 Å². The van der Waals surface area contributed by atoms with Gasteiger partial charge in [-0.05, 0) is 72.2 Å². The standard InChI is InChI=1S/C31H30O/c1-3-4-5-13-24-32-30-22-20-27(21-23-30)14-9-10-17-29-18-11-12-19-31(29)26(2)25-28-15-7-6-8-16-28/h6-8,11-12,15-16,18-23,25H,3-5,13,24H2,1-2H3/b26-25+. The van der Waals surface area contributed by atoms with Crippen LogP contribution in [0, 0.1) is 23.7 Å². The van der Waals surface area contributed by atoms with E-state index in [0.29, 0.717) is 0 Å². The maximum absolute atomic E-state index is 5.79. The zero-order valence-corrected chi connectivity index (χ0v) is 19.0. The van der Waals surface area contributed by atoms with Crippen LogP contribution in [-0.4, -0.2) is 6.61 Å². The second-order valence-electron chi connectivity index (χ2n) is 7.72. The molecule has 0 aliphatic heterocycles. The first-order chi connectivity index (χ1) is 15.8. The Bertz CT molecular complexity index is 1130. The zero-order chi connectivity index (χ0) is 22.4. The van der Waals surface area contributed by atoms with E-state index in [1.165, 1.54) is 30.4 Å². The molecule has 3 aromatic carbocycles. The number of hydrogen-bond acceptors (Lipinski definition) is 1. The first kappa shape index (κ1) is 23.0. The molecule has 1 heteroatoms. The van der Waals surface area contributed by atoms with Crippen molar-refractivity contribution >= 4 is 11.6 Å². The van der Waals surface area contributed by atoms with Crippen molar-refractivity contribution in [3.8, 4) is 29.4 Å². The average Bonchev–Trinajstić information content (AvgIpc) is 2.83. The molecule has 0 atom stereocenters. The molecule has 0 fully saturated rings. The lowest BCUT2D eigenvalue weighted by molar-refractivity contribution is 0.305. The molecule has 0 saturated carbocycles. The van der Waals surface area contributed by atoms with E-state index in [1.54, 1.807) is 0 Å². The summed E-state index contributed by atoms with van der Waals surface area (Å²) in [6, 6.07) is 26.4. The summed E-state index contributed by atoms with van der Waals surface area (Å²) >= 11 is 0. The van der Waals surface area contributed by atoms with Gasteiger partial charge in [-0.15, -0.1) is 0 Å². The van der Waals surface area contributed by atoms with E-state index in [1.807, 2.05) is 60.7 Å². The van der Waals surface area contributed by atoms with Crippen molar-refractivity contribution < 1.29 is 4.74 Å². The maximum atomic E-state index is 5.79. The summed E-state index contributed by atoms with van der Waals surface area (Å²) in [4.78, 5) is 0. The van der Waals surface area contributed by atoms with Crippen LogP contribution in [0.25, 0.3) is 11.6 Å². The first-order valence-electron chi connectivity index (χ1n) is 11.3. The van der Waals surface area contributed by atoms with Crippen LogP contribution >= 0.6 is 0 Å². The van der Waals surface area contributed by atoms with Gasteiger partial charge in [-0.3, -0.25) is 0 Å². The van der Waals surface area contributed by atoms with E-state index in [9.17, 15) is 0 Å². The monoisotopic (exact) mass is 418 g/mol. The largest absolute Gasteiger partial charge is 0.494 e. The van der Waals surface area contributed by atoms with E-state index in [2.05, 4.69) is 61.8 Å². The smallest absolute Gasteiger partial charge is 0.119 e. The quantitative estimate of drug-likeness (QED) is 0.208. The number of ether oxygens (including phenoxy) is 1. The number of hydrogen-bond donors (Lipinski definition) is 0. The van der Waals surface area contributed by atoms with Crippen LogP contribution in [0.2, 0.25) is 0 Å². The Morgan fingerprint density at radius 1 is 0.781 bits per heavy atom. The SMILES string of the molecule is CCCCCCOc1ccc(C#CC#Cc2ccccc2/C(C)=C/c2ccccc2)cc1. The van der Waals surface area contributed by atoms with Gasteiger partial charge in [0.25, 0.3) is 0 Å². The van der Waals surface area contributed by atoms with Crippen molar-refractivity contribution in [2.45, 2.75) is 39.5 Å². The number of allylic oxidation sites excluding steroid dienone is 1. The number of unbranched alkanes of at least 4 members (excludes halogenated alkanes) is 3. The van der Waals surface area contributed by atoms with Crippen LogP contribution in [0.5, 0.6) is 5.75 Å². The highest BCUT2D eigenvalue weighted by Gasteiger charge is 2.01. The minimum absolute atomic E-state index is 0.772. The van der Waals surface area contributed by atoms with Crippen molar-refractivity contribution in [1.29, 1.82) is 0 Å². The molecular weight excluding hydrogens is 388 g/mol. The van der Waals surface area contributed by atoms with Gasteiger partial charge in [-0.2, -0.15) is 0 Å². The molecule has 3 aromatic rings. The average molecular weight is 419 g/mol. The van der Waals surface area contributed by atoms with Gasteiger partial charge < -0.3 is 4.74 Å². The summed E-state index contributed by atoms with van der Waals surface area (Å²) in [5.74, 6) is 13.2. The molecule has 0 N–H and O–H groups in total. The van der Waals surface area contributed by atoms with Gasteiger partial charge in [-0.1, -0.05) is 92.6 Å². The van der Waals surface area contributed by atoms with E-state index >= 15 is 0 Å². The van der Waals surface area contributed by atoms with Gasteiger partial charge in [0.15, 0.2) is 0 Å². The molecule has 0 aliphatic carbocycles. The molecule has 0 bridgehead atoms. The van der Waals surface area contributed by atoms with Gasteiger partial charge in [0.1, 0.15) is 5.75 Å². The number of benzene rings is 3.